The highest BCUT2D eigenvalue weighted by Gasteiger charge is 2.06. The number of likely N-dealkylation sites (N-methyl/N-ethyl adjacent to an activating group) is 1. The molecule has 0 aromatic heterocycles. The van der Waals surface area contributed by atoms with Gasteiger partial charge in [-0.3, -0.25) is 4.79 Å². The zero-order valence-corrected chi connectivity index (χ0v) is 14.9. The fourth-order valence-electron chi connectivity index (χ4n) is 2.21. The molecule has 0 aliphatic rings. The highest BCUT2D eigenvalue weighted by molar-refractivity contribution is 5.94. The van der Waals surface area contributed by atoms with E-state index in [1.807, 2.05) is 32.9 Å². The third-order valence-electron chi connectivity index (χ3n) is 3.43. The summed E-state index contributed by atoms with van der Waals surface area (Å²) in [6.45, 7) is 13.5. The third-order valence-corrected chi connectivity index (χ3v) is 3.43. The van der Waals surface area contributed by atoms with E-state index in [9.17, 15) is 4.79 Å². The van der Waals surface area contributed by atoms with Gasteiger partial charge >= 0.3 is 0 Å². The van der Waals surface area contributed by atoms with Gasteiger partial charge in [-0.15, -0.1) is 0 Å². The van der Waals surface area contributed by atoms with Gasteiger partial charge in [0.1, 0.15) is 0 Å². The lowest BCUT2D eigenvalue weighted by atomic mass is 10.2. The number of nitrogens with zero attached hydrogens (tertiary/aromatic N) is 2. The van der Waals surface area contributed by atoms with Crippen LogP contribution >= 0.6 is 0 Å². The molecule has 0 aliphatic heterocycles. The molecule has 0 radical (unpaired) electrons. The Bertz CT molecular complexity index is 506. The van der Waals surface area contributed by atoms with Gasteiger partial charge in [-0.2, -0.15) is 0 Å². The fourth-order valence-corrected chi connectivity index (χ4v) is 2.21. The summed E-state index contributed by atoms with van der Waals surface area (Å²) in [6.07, 6.45) is 0.106. The molecule has 0 atom stereocenters. The third kappa shape index (κ3) is 7.28. The Morgan fingerprint density at radius 2 is 1.83 bits per heavy atom. The predicted octanol–water partition coefficient (Wildman–Crippen LogP) is 3.23. The first-order valence-electron chi connectivity index (χ1n) is 8.28. The van der Waals surface area contributed by atoms with E-state index in [-0.39, 0.29) is 12.0 Å². The van der Waals surface area contributed by atoms with Crippen molar-refractivity contribution in [3.63, 3.8) is 0 Å². The molecule has 1 aromatic carbocycles. The molecule has 0 saturated carbocycles. The lowest BCUT2D eigenvalue weighted by Crippen LogP contribution is -2.34. The van der Waals surface area contributed by atoms with Crippen molar-refractivity contribution >= 4 is 17.5 Å². The highest BCUT2D eigenvalue weighted by atomic mass is 16.5. The summed E-state index contributed by atoms with van der Waals surface area (Å²) < 4.78 is 5.49. The molecule has 1 aromatic rings. The first kappa shape index (κ1) is 19.2. The van der Waals surface area contributed by atoms with Crippen molar-refractivity contribution in [1.29, 1.82) is 0 Å². The summed E-state index contributed by atoms with van der Waals surface area (Å²) >= 11 is 0. The van der Waals surface area contributed by atoms with Gasteiger partial charge in [0.25, 0.3) is 5.91 Å². The van der Waals surface area contributed by atoms with Crippen LogP contribution in [0, 0.1) is 0 Å². The number of benzene rings is 1. The van der Waals surface area contributed by atoms with Crippen LogP contribution in [0.25, 0.3) is 0 Å². The number of hydrogen-bond donors (Lipinski definition) is 1. The Kier molecular flexibility index (Phi) is 8.33. The minimum absolute atomic E-state index is 0.0529. The van der Waals surface area contributed by atoms with Crippen LogP contribution in [0.4, 0.5) is 5.69 Å². The Morgan fingerprint density at radius 1 is 1.22 bits per heavy atom. The molecule has 23 heavy (non-hydrogen) atoms. The number of hydrogen-bond acceptors (Lipinski definition) is 4. The summed E-state index contributed by atoms with van der Waals surface area (Å²) in [7, 11) is 0. The molecule has 0 spiro atoms. The maximum atomic E-state index is 12.1. The molecule has 0 fully saturated rings. The maximum absolute atomic E-state index is 12.1. The predicted molar refractivity (Wildman–Crippen MR) is 95.6 cm³/mol. The average molecular weight is 319 g/mol. The van der Waals surface area contributed by atoms with E-state index < -0.39 is 0 Å². The van der Waals surface area contributed by atoms with E-state index >= 15 is 0 Å². The molecule has 0 unspecified atom stereocenters. The molecule has 0 bridgehead atoms. The Labute approximate surface area is 139 Å². The van der Waals surface area contributed by atoms with Crippen LogP contribution in [0.2, 0.25) is 0 Å². The van der Waals surface area contributed by atoms with Crippen LogP contribution in [0.3, 0.4) is 0 Å². The largest absolute Gasteiger partial charge is 0.478 e. The van der Waals surface area contributed by atoms with Gasteiger partial charge in [0.2, 0.25) is 0 Å². The van der Waals surface area contributed by atoms with E-state index in [1.54, 1.807) is 12.1 Å². The molecule has 0 saturated heterocycles. The van der Waals surface area contributed by atoms with Gasteiger partial charge in [0.05, 0.1) is 11.8 Å². The van der Waals surface area contributed by atoms with Crippen LogP contribution in [0.15, 0.2) is 29.3 Å². The van der Waals surface area contributed by atoms with E-state index in [1.165, 1.54) is 0 Å². The first-order chi connectivity index (χ1) is 11.0. The molecule has 128 valence electrons. The lowest BCUT2D eigenvalue weighted by Gasteiger charge is -2.17. The van der Waals surface area contributed by atoms with Crippen LogP contribution in [0.1, 0.15) is 45.0 Å². The van der Waals surface area contributed by atoms with Crippen molar-refractivity contribution in [2.75, 3.05) is 26.2 Å². The van der Waals surface area contributed by atoms with Gasteiger partial charge in [-0.1, -0.05) is 13.8 Å². The number of aliphatic imine (C=N–C) groups is 1. The van der Waals surface area contributed by atoms with Gasteiger partial charge in [-0.25, -0.2) is 4.99 Å². The highest BCUT2D eigenvalue weighted by Crippen LogP contribution is 2.14. The van der Waals surface area contributed by atoms with Crippen molar-refractivity contribution < 1.29 is 9.53 Å². The van der Waals surface area contributed by atoms with Gasteiger partial charge < -0.3 is 15.0 Å². The SMILES string of the molecule is CCN(CC)CCNC(=O)c1ccc(N=C(C)OC(C)C)cc1. The van der Waals surface area contributed by atoms with E-state index in [4.69, 9.17) is 4.74 Å². The molecule has 5 heteroatoms. The van der Waals surface area contributed by atoms with E-state index in [0.29, 0.717) is 18.0 Å². The van der Waals surface area contributed by atoms with Crippen LogP contribution in [0.5, 0.6) is 0 Å². The van der Waals surface area contributed by atoms with Crippen molar-refractivity contribution in [3.8, 4) is 0 Å². The summed E-state index contributed by atoms with van der Waals surface area (Å²) in [4.78, 5) is 18.7. The molecule has 0 aliphatic carbocycles. The Balaban J connectivity index is 2.54. The zero-order valence-electron chi connectivity index (χ0n) is 14.9. The number of carbonyl (C=O) groups is 1. The molecular formula is C18H29N3O2. The first-order valence-corrected chi connectivity index (χ1v) is 8.28. The van der Waals surface area contributed by atoms with Crippen molar-refractivity contribution in [3.05, 3.63) is 29.8 Å². The van der Waals surface area contributed by atoms with Crippen LogP contribution in [-0.2, 0) is 4.74 Å². The summed E-state index contributed by atoms with van der Waals surface area (Å²) in [5.41, 5.74) is 1.42. The normalized spacial score (nSPS) is 11.9. The molecule has 5 nitrogen and oxygen atoms in total. The zero-order chi connectivity index (χ0) is 17.2. The topological polar surface area (TPSA) is 53.9 Å². The summed E-state index contributed by atoms with van der Waals surface area (Å²) in [5, 5.41) is 2.94. The number of nitrogens with one attached hydrogen (secondary N) is 1. The maximum Gasteiger partial charge on any atom is 0.251 e. The molecule has 1 rings (SSSR count). The second-order valence-electron chi connectivity index (χ2n) is 5.63. The summed E-state index contributed by atoms with van der Waals surface area (Å²) in [6, 6.07) is 7.22. The minimum atomic E-state index is -0.0529. The van der Waals surface area contributed by atoms with Crippen molar-refractivity contribution in [1.82, 2.24) is 10.2 Å². The number of ether oxygens (including phenoxy) is 1. The average Bonchev–Trinajstić information content (AvgIpc) is 2.51. The second-order valence-corrected chi connectivity index (χ2v) is 5.63. The van der Waals surface area contributed by atoms with E-state index in [0.717, 1.165) is 25.3 Å². The van der Waals surface area contributed by atoms with Crippen molar-refractivity contribution in [2.45, 2.75) is 40.7 Å². The standard InChI is InChI=1S/C18H29N3O2/c1-6-21(7-2)13-12-19-18(22)16-8-10-17(11-9-16)20-15(5)23-14(3)4/h8-11,14H,6-7,12-13H2,1-5H3,(H,19,22). The van der Waals surface area contributed by atoms with E-state index in [2.05, 4.69) is 29.1 Å². The number of carbonyl (C=O) groups excluding carboxylic acids is 1. The smallest absolute Gasteiger partial charge is 0.251 e. The summed E-state index contributed by atoms with van der Waals surface area (Å²) in [5.74, 6) is 0.569. The minimum Gasteiger partial charge on any atom is -0.478 e. The number of rotatable bonds is 8. The quantitative estimate of drug-likeness (QED) is 0.591. The van der Waals surface area contributed by atoms with Crippen molar-refractivity contribution in [2.24, 2.45) is 4.99 Å². The fraction of sp³-hybridized carbons (Fsp3) is 0.556. The Hall–Kier alpha value is -1.88. The molecule has 0 heterocycles. The monoisotopic (exact) mass is 319 g/mol. The van der Waals surface area contributed by atoms with Gasteiger partial charge in [0, 0.05) is 25.6 Å². The molecule has 1 amide bonds. The van der Waals surface area contributed by atoms with Crippen LogP contribution < -0.4 is 5.32 Å². The van der Waals surface area contributed by atoms with Gasteiger partial charge in [0.15, 0.2) is 5.90 Å². The Morgan fingerprint density at radius 3 is 2.35 bits per heavy atom. The lowest BCUT2D eigenvalue weighted by molar-refractivity contribution is 0.0949. The van der Waals surface area contributed by atoms with Gasteiger partial charge in [-0.05, 0) is 51.2 Å². The molecule has 1 N–H and O–H groups in total. The second kappa shape index (κ2) is 10.0. The molecular weight excluding hydrogens is 290 g/mol. The number of amides is 1. The van der Waals surface area contributed by atoms with Crippen LogP contribution in [-0.4, -0.2) is 49.0 Å².